The fourth-order valence-electron chi connectivity index (χ4n) is 1.78. The Morgan fingerprint density at radius 1 is 1.12 bits per heavy atom. The molecule has 0 radical (unpaired) electrons. The van der Waals surface area contributed by atoms with E-state index in [0.29, 0.717) is 0 Å². The Labute approximate surface area is 103 Å². The molecule has 0 aliphatic carbocycles. The van der Waals surface area contributed by atoms with Crippen LogP contribution in [0, 0.1) is 6.92 Å². The Morgan fingerprint density at radius 2 is 1.88 bits per heavy atom. The summed E-state index contributed by atoms with van der Waals surface area (Å²) in [6.07, 6.45) is 4.24. The van der Waals surface area contributed by atoms with Crippen LogP contribution >= 0.6 is 0 Å². The monoisotopic (exact) mass is 227 g/mol. The summed E-state index contributed by atoms with van der Waals surface area (Å²) in [5.41, 5.74) is 3.76. The summed E-state index contributed by atoms with van der Waals surface area (Å²) in [7, 11) is 0. The Hall–Kier alpha value is -1.83. The standard InChI is InChI=1S/C15H19N2/c1-3-17-9-7-14(8-10-17)12-16-15-6-4-5-13(2)11-15/h4-11,16H,3,12H2,1-2H3/q+1. The van der Waals surface area contributed by atoms with Crippen molar-refractivity contribution in [2.24, 2.45) is 0 Å². The van der Waals surface area contributed by atoms with Gasteiger partial charge in [-0.05, 0) is 37.1 Å². The molecular formula is C15H19N2+. The van der Waals surface area contributed by atoms with Crippen LogP contribution < -0.4 is 9.88 Å². The van der Waals surface area contributed by atoms with E-state index >= 15 is 0 Å². The Morgan fingerprint density at radius 3 is 2.53 bits per heavy atom. The molecule has 0 saturated heterocycles. The number of aromatic nitrogens is 1. The summed E-state index contributed by atoms with van der Waals surface area (Å²) >= 11 is 0. The van der Waals surface area contributed by atoms with Gasteiger partial charge in [-0.1, -0.05) is 12.1 Å². The zero-order valence-electron chi connectivity index (χ0n) is 10.5. The smallest absolute Gasteiger partial charge is 0.169 e. The number of aryl methyl sites for hydroxylation is 2. The van der Waals surface area contributed by atoms with Gasteiger partial charge in [-0.3, -0.25) is 0 Å². The molecule has 2 nitrogen and oxygen atoms in total. The molecule has 1 aromatic heterocycles. The lowest BCUT2D eigenvalue weighted by Gasteiger charge is -2.06. The number of anilines is 1. The second-order valence-corrected chi connectivity index (χ2v) is 4.26. The van der Waals surface area contributed by atoms with E-state index in [4.69, 9.17) is 0 Å². The third-order valence-corrected chi connectivity index (χ3v) is 2.84. The van der Waals surface area contributed by atoms with Gasteiger partial charge in [0.15, 0.2) is 12.4 Å². The van der Waals surface area contributed by atoms with Crippen molar-refractivity contribution in [3.8, 4) is 0 Å². The third-order valence-electron chi connectivity index (χ3n) is 2.84. The molecule has 0 saturated carbocycles. The molecule has 0 atom stereocenters. The van der Waals surface area contributed by atoms with Crippen LogP contribution in [0.5, 0.6) is 0 Å². The van der Waals surface area contributed by atoms with Gasteiger partial charge in [-0.15, -0.1) is 0 Å². The first-order chi connectivity index (χ1) is 8.28. The van der Waals surface area contributed by atoms with Gasteiger partial charge >= 0.3 is 0 Å². The van der Waals surface area contributed by atoms with Crippen LogP contribution in [0.2, 0.25) is 0 Å². The molecule has 88 valence electrons. The van der Waals surface area contributed by atoms with Gasteiger partial charge in [0.2, 0.25) is 0 Å². The van der Waals surface area contributed by atoms with E-state index in [1.807, 2.05) is 0 Å². The number of nitrogens with one attached hydrogen (secondary N) is 1. The fraction of sp³-hybridized carbons (Fsp3) is 0.267. The van der Waals surface area contributed by atoms with Gasteiger partial charge in [0.25, 0.3) is 0 Å². The maximum absolute atomic E-state index is 3.43. The first kappa shape index (κ1) is 11.6. The lowest BCUT2D eigenvalue weighted by atomic mass is 10.2. The SMILES string of the molecule is CC[n+]1ccc(CNc2cccc(C)c2)cc1. The number of benzene rings is 1. The molecule has 0 spiro atoms. The fourth-order valence-corrected chi connectivity index (χ4v) is 1.78. The van der Waals surface area contributed by atoms with Crippen molar-refractivity contribution in [1.82, 2.24) is 0 Å². The van der Waals surface area contributed by atoms with Crippen molar-refractivity contribution >= 4 is 5.69 Å². The van der Waals surface area contributed by atoms with Crippen molar-refractivity contribution in [1.29, 1.82) is 0 Å². The van der Waals surface area contributed by atoms with Crippen LogP contribution in [0.1, 0.15) is 18.1 Å². The topological polar surface area (TPSA) is 15.9 Å². The predicted molar refractivity (Wildman–Crippen MR) is 70.8 cm³/mol. The van der Waals surface area contributed by atoms with E-state index in [9.17, 15) is 0 Å². The van der Waals surface area contributed by atoms with E-state index in [0.717, 1.165) is 13.1 Å². The number of rotatable bonds is 4. The average molecular weight is 227 g/mol. The van der Waals surface area contributed by atoms with Gasteiger partial charge in [0.05, 0.1) is 0 Å². The lowest BCUT2D eigenvalue weighted by molar-refractivity contribution is -0.693. The minimum Gasteiger partial charge on any atom is -0.381 e. The highest BCUT2D eigenvalue weighted by Crippen LogP contribution is 2.10. The third kappa shape index (κ3) is 3.31. The number of hydrogen-bond donors (Lipinski definition) is 1. The van der Waals surface area contributed by atoms with E-state index in [-0.39, 0.29) is 0 Å². The van der Waals surface area contributed by atoms with Crippen molar-refractivity contribution in [3.05, 3.63) is 59.9 Å². The van der Waals surface area contributed by atoms with Crippen LogP contribution in [0.15, 0.2) is 48.8 Å². The molecule has 0 fully saturated rings. The van der Waals surface area contributed by atoms with Crippen molar-refractivity contribution in [3.63, 3.8) is 0 Å². The van der Waals surface area contributed by atoms with Crippen molar-refractivity contribution in [2.45, 2.75) is 26.9 Å². The van der Waals surface area contributed by atoms with Gasteiger partial charge in [0, 0.05) is 24.4 Å². The molecule has 2 aromatic rings. The van der Waals surface area contributed by atoms with Crippen LogP contribution in [0.4, 0.5) is 5.69 Å². The molecule has 1 aromatic carbocycles. The molecule has 17 heavy (non-hydrogen) atoms. The first-order valence-corrected chi connectivity index (χ1v) is 6.06. The van der Waals surface area contributed by atoms with Crippen LogP contribution in [-0.2, 0) is 13.1 Å². The first-order valence-electron chi connectivity index (χ1n) is 6.06. The minimum atomic E-state index is 0.869. The Balaban J connectivity index is 1.97. The van der Waals surface area contributed by atoms with Crippen LogP contribution in [0.25, 0.3) is 0 Å². The summed E-state index contributed by atoms with van der Waals surface area (Å²) < 4.78 is 2.16. The average Bonchev–Trinajstić information content (AvgIpc) is 2.37. The van der Waals surface area contributed by atoms with E-state index in [2.05, 4.69) is 72.5 Å². The minimum absolute atomic E-state index is 0.869. The Bertz CT molecular complexity index is 475. The largest absolute Gasteiger partial charge is 0.381 e. The molecule has 0 aliphatic heterocycles. The highest BCUT2D eigenvalue weighted by molar-refractivity contribution is 5.45. The number of nitrogens with zero attached hydrogens (tertiary/aromatic N) is 1. The summed E-state index contributed by atoms with van der Waals surface area (Å²) in [6.45, 7) is 6.14. The van der Waals surface area contributed by atoms with Crippen LogP contribution in [-0.4, -0.2) is 0 Å². The molecule has 0 amide bonds. The van der Waals surface area contributed by atoms with Gasteiger partial charge in [0.1, 0.15) is 6.54 Å². The van der Waals surface area contributed by atoms with Gasteiger partial charge in [-0.2, -0.15) is 0 Å². The predicted octanol–water partition coefficient (Wildman–Crippen LogP) is 2.91. The summed E-state index contributed by atoms with van der Waals surface area (Å²) in [6, 6.07) is 12.8. The number of pyridine rings is 1. The number of hydrogen-bond acceptors (Lipinski definition) is 1. The Kier molecular flexibility index (Phi) is 3.76. The molecule has 0 aliphatic rings. The second kappa shape index (κ2) is 5.48. The molecule has 2 rings (SSSR count). The molecule has 2 heteroatoms. The highest BCUT2D eigenvalue weighted by Gasteiger charge is 1.98. The quantitative estimate of drug-likeness (QED) is 0.794. The molecule has 0 bridgehead atoms. The maximum atomic E-state index is 3.43. The van der Waals surface area contributed by atoms with Crippen molar-refractivity contribution < 1.29 is 4.57 Å². The highest BCUT2D eigenvalue weighted by atomic mass is 14.9. The molecular weight excluding hydrogens is 208 g/mol. The van der Waals surface area contributed by atoms with Gasteiger partial charge < -0.3 is 5.32 Å². The van der Waals surface area contributed by atoms with E-state index < -0.39 is 0 Å². The zero-order chi connectivity index (χ0) is 12.1. The van der Waals surface area contributed by atoms with E-state index in [1.54, 1.807) is 0 Å². The molecule has 1 N–H and O–H groups in total. The molecule has 1 heterocycles. The molecule has 0 unspecified atom stereocenters. The summed E-state index contributed by atoms with van der Waals surface area (Å²) in [4.78, 5) is 0. The summed E-state index contributed by atoms with van der Waals surface area (Å²) in [5, 5.41) is 3.43. The van der Waals surface area contributed by atoms with Crippen molar-refractivity contribution in [2.75, 3.05) is 5.32 Å². The zero-order valence-corrected chi connectivity index (χ0v) is 10.5. The van der Waals surface area contributed by atoms with E-state index in [1.165, 1.54) is 16.8 Å². The lowest BCUT2D eigenvalue weighted by Crippen LogP contribution is -2.30. The maximum Gasteiger partial charge on any atom is 0.169 e. The van der Waals surface area contributed by atoms with Gasteiger partial charge in [-0.25, -0.2) is 4.57 Å². The van der Waals surface area contributed by atoms with Crippen LogP contribution in [0.3, 0.4) is 0 Å². The second-order valence-electron chi connectivity index (χ2n) is 4.26. The summed E-state index contributed by atoms with van der Waals surface area (Å²) in [5.74, 6) is 0. The normalized spacial score (nSPS) is 10.2.